The van der Waals surface area contributed by atoms with Crippen LogP contribution in [0.5, 0.6) is 0 Å². The summed E-state index contributed by atoms with van der Waals surface area (Å²) in [5, 5.41) is 18.4. The lowest BCUT2D eigenvalue weighted by Crippen LogP contribution is -2.29. The summed E-state index contributed by atoms with van der Waals surface area (Å²) in [4.78, 5) is 22.7. The van der Waals surface area contributed by atoms with Gasteiger partial charge in [-0.2, -0.15) is 0 Å². The summed E-state index contributed by atoms with van der Waals surface area (Å²) in [6.45, 7) is 3.37. The van der Waals surface area contributed by atoms with Crippen molar-refractivity contribution in [2.75, 3.05) is 33.0 Å². The quantitative estimate of drug-likeness (QED) is 0.0236. The van der Waals surface area contributed by atoms with Crippen LogP contribution in [0.2, 0.25) is 0 Å². The number of aliphatic hydroxyl groups excluding tert-OH is 2. The van der Waals surface area contributed by atoms with Gasteiger partial charge in [0.25, 0.3) is 0 Å². The Bertz CT molecular complexity index is 1190. The summed E-state index contributed by atoms with van der Waals surface area (Å²) in [6, 6.07) is 0. The van der Waals surface area contributed by atoms with E-state index in [4.69, 9.17) is 23.6 Å². The summed E-state index contributed by atoms with van der Waals surface area (Å²) in [6.07, 6.45) is 58.6. The van der Waals surface area contributed by atoms with E-state index >= 15 is 0 Å². The molecule has 9 nitrogen and oxygen atoms in total. The predicted octanol–water partition coefficient (Wildman–Crippen LogP) is 14.5. The first-order valence-corrected chi connectivity index (χ1v) is 26.4. The zero-order valence-corrected chi connectivity index (χ0v) is 40.5. The maximum Gasteiger partial charge on any atom is 0.472 e. The normalized spacial score (nSPS) is 14.5. The van der Waals surface area contributed by atoms with Crippen molar-refractivity contribution in [3.05, 3.63) is 72.9 Å². The van der Waals surface area contributed by atoms with Crippen LogP contribution in [0.1, 0.15) is 206 Å². The topological polar surface area (TPSA) is 132 Å². The highest BCUT2D eigenvalue weighted by Gasteiger charge is 2.26. The molecule has 0 heterocycles. The van der Waals surface area contributed by atoms with Gasteiger partial charge >= 0.3 is 13.8 Å². The third kappa shape index (κ3) is 47.4. The Morgan fingerprint density at radius 3 is 1.39 bits per heavy atom. The number of hydrogen-bond donors (Lipinski definition) is 3. The molecule has 62 heavy (non-hydrogen) atoms. The van der Waals surface area contributed by atoms with E-state index in [0.717, 1.165) is 96.3 Å². The lowest BCUT2D eigenvalue weighted by Gasteiger charge is -2.20. The monoisotopic (exact) mass is 893 g/mol. The minimum absolute atomic E-state index is 0.0345. The van der Waals surface area contributed by atoms with Crippen LogP contribution >= 0.6 is 7.82 Å². The maximum atomic E-state index is 12.7. The molecule has 0 spiro atoms. The van der Waals surface area contributed by atoms with E-state index in [9.17, 15) is 19.4 Å². The fourth-order valence-electron chi connectivity index (χ4n) is 6.65. The molecule has 0 radical (unpaired) electrons. The standard InChI is InChI=1S/C52H93O9P/c1-3-5-7-9-11-13-15-17-19-21-22-23-24-25-26-27-29-31-33-35-37-39-41-43-45-58-48-51(49-60-62(56,57)59-47-50(54)46-53)61-52(55)44-42-40-38-36-34-32-30-28-20-18-16-14-12-10-8-6-4-2/h5,7,11,13,17,19,22-23,25-26,29,31,50-51,53-54H,3-4,6,8-10,12,14-16,18,20-21,24,27-28,30,32-49H2,1-2H3,(H,56,57)/b7-5-,13-11-,19-17-,23-22-,26-25-,31-29-. The van der Waals surface area contributed by atoms with E-state index in [1.165, 1.54) is 89.9 Å². The number of allylic oxidation sites excluding steroid dienone is 12. The second-order valence-corrected chi connectivity index (χ2v) is 17.9. The maximum absolute atomic E-state index is 12.7. The summed E-state index contributed by atoms with van der Waals surface area (Å²) < 4.78 is 33.5. The number of hydrogen-bond acceptors (Lipinski definition) is 8. The van der Waals surface area contributed by atoms with E-state index in [1.807, 2.05) is 0 Å². The molecule has 360 valence electrons. The molecule has 0 aliphatic carbocycles. The van der Waals surface area contributed by atoms with Crippen LogP contribution in [0, 0.1) is 0 Å². The lowest BCUT2D eigenvalue weighted by atomic mass is 10.0. The van der Waals surface area contributed by atoms with Crippen molar-refractivity contribution in [2.45, 2.75) is 219 Å². The van der Waals surface area contributed by atoms with Crippen molar-refractivity contribution >= 4 is 13.8 Å². The van der Waals surface area contributed by atoms with Gasteiger partial charge in [0.1, 0.15) is 12.2 Å². The SMILES string of the molecule is CC/C=C\C/C=C\C/C=C\C/C=C\C/C=C\C/C=C\CCCCCCCOCC(COP(=O)(O)OCC(O)CO)OC(=O)CCCCCCCCCCCCCCCCCCC. The van der Waals surface area contributed by atoms with Crippen molar-refractivity contribution in [3.8, 4) is 0 Å². The van der Waals surface area contributed by atoms with Gasteiger partial charge in [-0.05, 0) is 64.2 Å². The zero-order valence-electron chi connectivity index (χ0n) is 39.6. The Hall–Kier alpha value is -2.10. The lowest BCUT2D eigenvalue weighted by molar-refractivity contribution is -0.154. The Labute approximate surface area is 380 Å². The van der Waals surface area contributed by atoms with Crippen molar-refractivity contribution in [1.29, 1.82) is 0 Å². The van der Waals surface area contributed by atoms with E-state index in [0.29, 0.717) is 6.61 Å². The van der Waals surface area contributed by atoms with Crippen LogP contribution in [-0.2, 0) is 27.9 Å². The number of carbonyl (C=O) groups excluding carboxylic acids is 1. The first-order valence-electron chi connectivity index (χ1n) is 24.9. The third-order valence-electron chi connectivity index (χ3n) is 10.4. The van der Waals surface area contributed by atoms with Gasteiger partial charge in [-0.3, -0.25) is 13.8 Å². The highest BCUT2D eigenvalue weighted by molar-refractivity contribution is 7.47. The van der Waals surface area contributed by atoms with Crippen LogP contribution in [0.4, 0.5) is 0 Å². The molecule has 10 heteroatoms. The van der Waals surface area contributed by atoms with Gasteiger partial charge in [0.15, 0.2) is 0 Å². The number of phosphoric ester groups is 1. The largest absolute Gasteiger partial charge is 0.472 e. The van der Waals surface area contributed by atoms with E-state index in [1.54, 1.807) is 0 Å². The van der Waals surface area contributed by atoms with Gasteiger partial charge in [0.2, 0.25) is 0 Å². The van der Waals surface area contributed by atoms with Crippen LogP contribution in [-0.4, -0.2) is 66.3 Å². The summed E-state index contributed by atoms with van der Waals surface area (Å²) in [5.41, 5.74) is 0. The first kappa shape index (κ1) is 59.9. The molecule has 0 fully saturated rings. The second kappa shape index (κ2) is 48.4. The third-order valence-corrected chi connectivity index (χ3v) is 11.4. The first-order chi connectivity index (χ1) is 30.3. The smallest absolute Gasteiger partial charge is 0.457 e. The number of ether oxygens (including phenoxy) is 2. The van der Waals surface area contributed by atoms with Gasteiger partial charge in [0, 0.05) is 13.0 Å². The van der Waals surface area contributed by atoms with E-state index < -0.39 is 33.2 Å². The molecule has 3 unspecified atom stereocenters. The molecule has 0 saturated heterocycles. The number of unbranched alkanes of at least 4 members (excludes halogenated alkanes) is 21. The average Bonchev–Trinajstić information content (AvgIpc) is 3.26. The molecule has 0 saturated carbocycles. The van der Waals surface area contributed by atoms with Crippen molar-refractivity contribution in [3.63, 3.8) is 0 Å². The van der Waals surface area contributed by atoms with E-state index in [-0.39, 0.29) is 25.6 Å². The van der Waals surface area contributed by atoms with Gasteiger partial charge < -0.3 is 24.6 Å². The Morgan fingerprint density at radius 2 is 0.919 bits per heavy atom. The number of phosphoric acid groups is 1. The van der Waals surface area contributed by atoms with E-state index in [2.05, 4.69) is 86.8 Å². The predicted molar refractivity (Wildman–Crippen MR) is 260 cm³/mol. The molecular formula is C52H93O9P. The number of carbonyl (C=O) groups is 1. The summed E-state index contributed by atoms with van der Waals surface area (Å²) in [7, 11) is -4.53. The molecule has 0 rings (SSSR count). The molecule has 0 bridgehead atoms. The Kier molecular flexibility index (Phi) is 46.7. The Morgan fingerprint density at radius 1 is 0.516 bits per heavy atom. The molecule has 0 aromatic rings. The molecule has 0 aliphatic rings. The van der Waals surface area contributed by atoms with Crippen molar-refractivity contribution in [1.82, 2.24) is 0 Å². The molecule has 3 atom stereocenters. The molecule has 0 amide bonds. The van der Waals surface area contributed by atoms with Gasteiger partial charge in [-0.15, -0.1) is 0 Å². The second-order valence-electron chi connectivity index (χ2n) is 16.5. The van der Waals surface area contributed by atoms with Gasteiger partial charge in [0.05, 0.1) is 26.4 Å². The van der Waals surface area contributed by atoms with Crippen LogP contribution in [0.25, 0.3) is 0 Å². The van der Waals surface area contributed by atoms with Crippen molar-refractivity contribution < 1.29 is 43.0 Å². The molecule has 0 aromatic carbocycles. The number of esters is 1. The molecular weight excluding hydrogens is 800 g/mol. The highest BCUT2D eigenvalue weighted by Crippen LogP contribution is 2.43. The summed E-state index contributed by atoms with van der Waals surface area (Å²) >= 11 is 0. The summed E-state index contributed by atoms with van der Waals surface area (Å²) in [5.74, 6) is -0.389. The number of rotatable bonds is 47. The average molecular weight is 893 g/mol. The minimum atomic E-state index is -4.53. The van der Waals surface area contributed by atoms with Crippen LogP contribution < -0.4 is 0 Å². The minimum Gasteiger partial charge on any atom is -0.457 e. The van der Waals surface area contributed by atoms with Gasteiger partial charge in [-0.1, -0.05) is 209 Å². The van der Waals surface area contributed by atoms with Crippen LogP contribution in [0.15, 0.2) is 72.9 Å². The van der Waals surface area contributed by atoms with Crippen LogP contribution in [0.3, 0.4) is 0 Å². The zero-order chi connectivity index (χ0) is 45.3. The van der Waals surface area contributed by atoms with Crippen molar-refractivity contribution in [2.24, 2.45) is 0 Å². The van der Waals surface area contributed by atoms with Gasteiger partial charge in [-0.25, -0.2) is 4.57 Å². The fourth-order valence-corrected chi connectivity index (χ4v) is 7.44. The molecule has 0 aromatic heterocycles. The number of aliphatic hydroxyl groups is 2. The Balaban J connectivity index is 4.15. The fraction of sp³-hybridized carbons (Fsp3) is 0.750. The molecule has 3 N–H and O–H groups in total. The molecule has 0 aliphatic heterocycles. The highest BCUT2D eigenvalue weighted by atomic mass is 31.2.